The highest BCUT2D eigenvalue weighted by Crippen LogP contribution is 2.16. The molecule has 1 aromatic carbocycles. The fourth-order valence-corrected chi connectivity index (χ4v) is 2.59. The van der Waals surface area contributed by atoms with Gasteiger partial charge in [-0.2, -0.15) is 0 Å². The van der Waals surface area contributed by atoms with Crippen LogP contribution in [0.2, 0.25) is 0 Å². The van der Waals surface area contributed by atoms with Gasteiger partial charge in [-0.15, -0.1) is 0 Å². The first-order valence-electron chi connectivity index (χ1n) is 5.67. The van der Waals surface area contributed by atoms with Gasteiger partial charge in [0.25, 0.3) is 10.0 Å². The van der Waals surface area contributed by atoms with E-state index in [9.17, 15) is 13.2 Å². The topological polar surface area (TPSA) is 96.4 Å². The van der Waals surface area contributed by atoms with Crippen LogP contribution >= 0.6 is 0 Å². The molecule has 0 amide bonds. The van der Waals surface area contributed by atoms with E-state index >= 15 is 0 Å². The highest BCUT2D eigenvalue weighted by Gasteiger charge is 2.15. The molecule has 0 fully saturated rings. The van der Waals surface area contributed by atoms with E-state index in [1.165, 1.54) is 24.4 Å². The van der Waals surface area contributed by atoms with Crippen LogP contribution < -0.4 is 4.72 Å². The predicted octanol–water partition coefficient (Wildman–Crippen LogP) is 1.89. The normalized spacial score (nSPS) is 11.1. The van der Waals surface area contributed by atoms with Crippen LogP contribution in [0, 0.1) is 6.92 Å². The van der Waals surface area contributed by atoms with Crippen molar-refractivity contribution in [1.82, 2.24) is 4.98 Å². The molecule has 0 saturated carbocycles. The van der Waals surface area contributed by atoms with Crippen LogP contribution in [0.4, 0.5) is 5.69 Å². The average molecular weight is 292 g/mol. The van der Waals surface area contributed by atoms with Crippen molar-refractivity contribution in [1.29, 1.82) is 0 Å². The molecule has 0 unspecified atom stereocenters. The van der Waals surface area contributed by atoms with E-state index in [1.807, 2.05) is 6.92 Å². The lowest BCUT2D eigenvalue weighted by molar-refractivity contribution is 0.0690. The number of anilines is 1. The second-order valence-corrected chi connectivity index (χ2v) is 5.84. The largest absolute Gasteiger partial charge is 0.477 e. The van der Waals surface area contributed by atoms with Crippen molar-refractivity contribution < 1.29 is 18.3 Å². The maximum atomic E-state index is 12.1. The van der Waals surface area contributed by atoms with Gasteiger partial charge in [0.2, 0.25) is 0 Å². The highest BCUT2D eigenvalue weighted by atomic mass is 32.2. The summed E-state index contributed by atoms with van der Waals surface area (Å²) in [6, 6.07) is 8.88. The van der Waals surface area contributed by atoms with Crippen molar-refractivity contribution >= 4 is 21.7 Å². The molecule has 0 saturated heterocycles. The smallest absolute Gasteiger partial charge is 0.354 e. The number of rotatable bonds is 4. The maximum Gasteiger partial charge on any atom is 0.354 e. The lowest BCUT2D eigenvalue weighted by atomic mass is 10.2. The summed E-state index contributed by atoms with van der Waals surface area (Å²) in [4.78, 5) is 14.5. The van der Waals surface area contributed by atoms with Gasteiger partial charge in [0.15, 0.2) is 0 Å². The zero-order valence-corrected chi connectivity index (χ0v) is 11.4. The summed E-state index contributed by atoms with van der Waals surface area (Å²) in [5.41, 5.74) is 0.869. The second-order valence-electron chi connectivity index (χ2n) is 4.15. The van der Waals surface area contributed by atoms with Gasteiger partial charge in [-0.1, -0.05) is 17.7 Å². The van der Waals surface area contributed by atoms with Gasteiger partial charge in [0, 0.05) is 6.20 Å². The molecule has 20 heavy (non-hydrogen) atoms. The van der Waals surface area contributed by atoms with Gasteiger partial charge >= 0.3 is 5.97 Å². The van der Waals surface area contributed by atoms with Gasteiger partial charge in [-0.25, -0.2) is 18.2 Å². The van der Waals surface area contributed by atoms with Gasteiger partial charge in [-0.05, 0) is 31.2 Å². The van der Waals surface area contributed by atoms with Gasteiger partial charge in [0.05, 0.1) is 10.6 Å². The van der Waals surface area contributed by atoms with E-state index < -0.39 is 16.0 Å². The molecule has 104 valence electrons. The molecule has 0 bridgehead atoms. The summed E-state index contributed by atoms with van der Waals surface area (Å²) in [5, 5.41) is 8.82. The Hall–Kier alpha value is -2.41. The SMILES string of the molecule is Cc1ccc(S(=O)(=O)Nc2ccnc(C(=O)O)c2)cc1. The lowest BCUT2D eigenvalue weighted by Gasteiger charge is -2.08. The zero-order chi connectivity index (χ0) is 14.8. The number of nitrogens with one attached hydrogen (secondary N) is 1. The fraction of sp³-hybridized carbons (Fsp3) is 0.0769. The fourth-order valence-electron chi connectivity index (χ4n) is 1.54. The minimum Gasteiger partial charge on any atom is -0.477 e. The van der Waals surface area contributed by atoms with Gasteiger partial charge in [-0.3, -0.25) is 4.72 Å². The number of carboxylic acids is 1. The quantitative estimate of drug-likeness (QED) is 0.897. The van der Waals surface area contributed by atoms with Crippen molar-refractivity contribution in [2.45, 2.75) is 11.8 Å². The number of aromatic carboxylic acids is 1. The molecule has 7 heteroatoms. The zero-order valence-electron chi connectivity index (χ0n) is 10.6. The molecule has 2 rings (SSSR count). The van der Waals surface area contributed by atoms with E-state index in [1.54, 1.807) is 12.1 Å². The van der Waals surface area contributed by atoms with E-state index in [4.69, 9.17) is 5.11 Å². The van der Waals surface area contributed by atoms with Gasteiger partial charge in [0.1, 0.15) is 5.69 Å². The molecule has 0 atom stereocenters. The Labute approximate surface area is 116 Å². The first-order valence-corrected chi connectivity index (χ1v) is 7.16. The molecular formula is C13H12N2O4S. The molecule has 0 radical (unpaired) electrons. The van der Waals surface area contributed by atoms with Crippen LogP contribution in [0.15, 0.2) is 47.5 Å². The van der Waals surface area contributed by atoms with Crippen molar-refractivity contribution in [3.05, 3.63) is 53.9 Å². The van der Waals surface area contributed by atoms with E-state index in [0.717, 1.165) is 11.6 Å². The number of carboxylic acid groups (broad SMARTS) is 1. The summed E-state index contributed by atoms with van der Waals surface area (Å²) in [5.74, 6) is -1.22. The Kier molecular flexibility index (Phi) is 3.71. The van der Waals surface area contributed by atoms with Crippen molar-refractivity contribution in [3.8, 4) is 0 Å². The number of hydrogen-bond acceptors (Lipinski definition) is 4. The third-order valence-corrected chi connectivity index (χ3v) is 3.96. The Bertz CT molecular complexity index is 739. The van der Waals surface area contributed by atoms with E-state index in [-0.39, 0.29) is 16.3 Å². The van der Waals surface area contributed by atoms with E-state index in [2.05, 4.69) is 9.71 Å². The minimum atomic E-state index is -3.74. The molecule has 2 aromatic rings. The third kappa shape index (κ3) is 3.12. The Morgan fingerprint density at radius 3 is 2.45 bits per heavy atom. The Morgan fingerprint density at radius 1 is 1.20 bits per heavy atom. The Balaban J connectivity index is 2.31. The van der Waals surface area contributed by atoms with E-state index in [0.29, 0.717) is 0 Å². The molecular weight excluding hydrogens is 280 g/mol. The number of hydrogen-bond donors (Lipinski definition) is 2. The third-order valence-electron chi connectivity index (χ3n) is 2.56. The number of aromatic nitrogens is 1. The molecule has 0 aliphatic heterocycles. The minimum absolute atomic E-state index is 0.108. The van der Waals surface area contributed by atoms with Crippen molar-refractivity contribution in [3.63, 3.8) is 0 Å². The average Bonchev–Trinajstić information content (AvgIpc) is 2.39. The summed E-state index contributed by atoms with van der Waals surface area (Å²) < 4.78 is 26.5. The van der Waals surface area contributed by atoms with Crippen LogP contribution in [0.5, 0.6) is 0 Å². The summed E-state index contributed by atoms with van der Waals surface area (Å²) in [7, 11) is -3.74. The summed E-state index contributed by atoms with van der Waals surface area (Å²) >= 11 is 0. The van der Waals surface area contributed by atoms with Crippen LogP contribution in [0.1, 0.15) is 16.1 Å². The van der Waals surface area contributed by atoms with Crippen LogP contribution in [0.25, 0.3) is 0 Å². The first kappa shape index (κ1) is 14.0. The Morgan fingerprint density at radius 2 is 1.85 bits per heavy atom. The summed E-state index contributed by atoms with van der Waals surface area (Å²) in [6.45, 7) is 1.85. The van der Waals surface area contributed by atoms with Crippen molar-refractivity contribution in [2.24, 2.45) is 0 Å². The monoisotopic (exact) mass is 292 g/mol. The molecule has 0 aliphatic carbocycles. The number of aryl methyl sites for hydroxylation is 1. The molecule has 0 spiro atoms. The molecule has 1 heterocycles. The standard InChI is InChI=1S/C13H12N2O4S/c1-9-2-4-11(5-3-9)20(18,19)15-10-6-7-14-12(8-10)13(16)17/h2-8H,1H3,(H,14,15)(H,16,17). The molecule has 6 nitrogen and oxygen atoms in total. The maximum absolute atomic E-state index is 12.1. The number of carbonyl (C=O) groups is 1. The van der Waals surface area contributed by atoms with Crippen LogP contribution in [-0.2, 0) is 10.0 Å². The van der Waals surface area contributed by atoms with Crippen LogP contribution in [-0.4, -0.2) is 24.5 Å². The second kappa shape index (κ2) is 5.30. The summed E-state index contributed by atoms with van der Waals surface area (Å²) in [6.07, 6.45) is 1.23. The molecule has 0 aliphatic rings. The number of nitrogens with zero attached hydrogens (tertiary/aromatic N) is 1. The number of sulfonamides is 1. The van der Waals surface area contributed by atoms with Crippen LogP contribution in [0.3, 0.4) is 0 Å². The molecule has 1 aromatic heterocycles. The lowest BCUT2D eigenvalue weighted by Crippen LogP contribution is -2.13. The number of pyridine rings is 1. The van der Waals surface area contributed by atoms with Crippen molar-refractivity contribution in [2.75, 3.05) is 4.72 Å². The first-order chi connectivity index (χ1) is 9.38. The van der Waals surface area contributed by atoms with Gasteiger partial charge < -0.3 is 5.11 Å². The number of benzene rings is 1. The predicted molar refractivity (Wildman–Crippen MR) is 73.2 cm³/mol. The molecule has 2 N–H and O–H groups in total. The highest BCUT2D eigenvalue weighted by molar-refractivity contribution is 7.92.